The molecule has 0 aliphatic carbocycles. The molecule has 0 spiro atoms. The van der Waals surface area contributed by atoms with Crippen molar-refractivity contribution in [2.45, 2.75) is 0 Å². The van der Waals surface area contributed by atoms with E-state index >= 15 is 0 Å². The highest BCUT2D eigenvalue weighted by Crippen LogP contribution is 2.49. The molecule has 0 atom stereocenters. The van der Waals surface area contributed by atoms with Crippen LogP contribution in [0.2, 0.25) is 0 Å². The summed E-state index contributed by atoms with van der Waals surface area (Å²) in [6.45, 7) is 0. The molecule has 1 heterocycles. The average Bonchev–Trinajstić information content (AvgIpc) is 3.08. The van der Waals surface area contributed by atoms with E-state index in [0.717, 1.165) is 0 Å². The molecule has 2 aromatic carbocycles. The Kier molecular flexibility index (Phi) is 3.64. The van der Waals surface area contributed by atoms with Crippen molar-refractivity contribution in [3.05, 3.63) is 35.6 Å². The lowest BCUT2D eigenvalue weighted by atomic mass is 10.1. The van der Waals surface area contributed by atoms with Crippen LogP contribution in [0.1, 0.15) is 10.4 Å². The lowest BCUT2D eigenvalue weighted by molar-refractivity contribution is 0.0697. The number of rotatable bonds is 3. The van der Waals surface area contributed by atoms with Gasteiger partial charge in [-0.2, -0.15) is 4.98 Å². The highest BCUT2D eigenvalue weighted by molar-refractivity contribution is 5.89. The Morgan fingerprint density at radius 3 is 2.40 bits per heavy atom. The Balaban J connectivity index is 2.12. The molecule has 128 valence electrons. The molecule has 5 N–H and O–H groups in total. The van der Waals surface area contributed by atoms with E-state index in [1.165, 1.54) is 24.3 Å². The molecule has 1 aromatic heterocycles. The molecule has 0 saturated heterocycles. The third kappa shape index (κ3) is 2.55. The standard InChI is InChI=1S/C15H9FN2O7/c16-8-7(9(19)11(21)12(22)10(8)20)14-17-13(18-25-14)5-2-1-3-6(4-5)15(23)24/h1-4,19-22H,(H,23,24). The van der Waals surface area contributed by atoms with E-state index in [1.54, 1.807) is 0 Å². The molecular weight excluding hydrogens is 339 g/mol. The topological polar surface area (TPSA) is 157 Å². The zero-order valence-corrected chi connectivity index (χ0v) is 12.1. The van der Waals surface area contributed by atoms with Crippen LogP contribution in [-0.2, 0) is 0 Å². The van der Waals surface area contributed by atoms with Crippen molar-refractivity contribution < 1.29 is 39.2 Å². The maximum Gasteiger partial charge on any atom is 0.335 e. The van der Waals surface area contributed by atoms with Gasteiger partial charge in [-0.05, 0) is 12.1 Å². The van der Waals surface area contributed by atoms with Crippen molar-refractivity contribution in [3.63, 3.8) is 0 Å². The largest absolute Gasteiger partial charge is 0.504 e. The minimum atomic E-state index is -1.48. The number of hydrogen-bond acceptors (Lipinski definition) is 8. The molecule has 0 saturated carbocycles. The first kappa shape index (κ1) is 16.1. The SMILES string of the molecule is O=C(O)c1cccc(-c2noc(-c3c(O)c(O)c(O)c(O)c3F)n2)c1. The van der Waals surface area contributed by atoms with Gasteiger partial charge in [-0.25, -0.2) is 9.18 Å². The minimum Gasteiger partial charge on any atom is -0.504 e. The lowest BCUT2D eigenvalue weighted by Crippen LogP contribution is -1.96. The van der Waals surface area contributed by atoms with E-state index in [0.29, 0.717) is 0 Å². The number of aromatic carboxylic acids is 1. The number of carboxylic acid groups (broad SMARTS) is 1. The molecule has 3 rings (SSSR count). The molecule has 9 nitrogen and oxygen atoms in total. The van der Waals surface area contributed by atoms with Crippen LogP contribution in [0.15, 0.2) is 28.8 Å². The fraction of sp³-hybridized carbons (Fsp3) is 0. The first-order valence-electron chi connectivity index (χ1n) is 6.64. The molecule has 3 aromatic rings. The number of carboxylic acids is 1. The molecule has 25 heavy (non-hydrogen) atoms. The first-order chi connectivity index (χ1) is 11.8. The molecule has 0 bridgehead atoms. The van der Waals surface area contributed by atoms with Crippen molar-refractivity contribution >= 4 is 5.97 Å². The summed E-state index contributed by atoms with van der Waals surface area (Å²) in [6.07, 6.45) is 0. The van der Waals surface area contributed by atoms with Crippen LogP contribution in [0.3, 0.4) is 0 Å². The van der Waals surface area contributed by atoms with E-state index in [2.05, 4.69) is 10.1 Å². The number of hydrogen-bond donors (Lipinski definition) is 5. The van der Waals surface area contributed by atoms with Crippen molar-refractivity contribution in [1.82, 2.24) is 10.1 Å². The van der Waals surface area contributed by atoms with Gasteiger partial charge in [-0.1, -0.05) is 17.3 Å². The number of aromatic nitrogens is 2. The quantitative estimate of drug-likeness (QED) is 0.353. The van der Waals surface area contributed by atoms with Crippen molar-refractivity contribution in [2.24, 2.45) is 0 Å². The van der Waals surface area contributed by atoms with E-state index in [1.807, 2.05) is 0 Å². The van der Waals surface area contributed by atoms with Crippen LogP contribution >= 0.6 is 0 Å². The predicted molar refractivity (Wildman–Crippen MR) is 78.7 cm³/mol. The van der Waals surface area contributed by atoms with Gasteiger partial charge in [-0.3, -0.25) is 0 Å². The maximum absolute atomic E-state index is 14.1. The third-order valence-electron chi connectivity index (χ3n) is 3.34. The smallest absolute Gasteiger partial charge is 0.335 e. The summed E-state index contributed by atoms with van der Waals surface area (Å²) in [5, 5.41) is 50.5. The van der Waals surface area contributed by atoms with Gasteiger partial charge in [0.2, 0.25) is 17.3 Å². The second-order valence-corrected chi connectivity index (χ2v) is 4.89. The fourth-order valence-corrected chi connectivity index (χ4v) is 2.10. The number of carbonyl (C=O) groups is 1. The van der Waals surface area contributed by atoms with Crippen LogP contribution in [0.5, 0.6) is 23.0 Å². The number of benzene rings is 2. The summed E-state index contributed by atoms with van der Waals surface area (Å²) in [4.78, 5) is 14.8. The van der Waals surface area contributed by atoms with Gasteiger partial charge in [0.25, 0.3) is 5.89 Å². The van der Waals surface area contributed by atoms with E-state index in [4.69, 9.17) is 9.63 Å². The summed E-state index contributed by atoms with van der Waals surface area (Å²) in [7, 11) is 0. The highest BCUT2D eigenvalue weighted by atomic mass is 19.1. The molecular formula is C15H9FN2O7. The lowest BCUT2D eigenvalue weighted by Gasteiger charge is -2.08. The summed E-state index contributed by atoms with van der Waals surface area (Å²) >= 11 is 0. The van der Waals surface area contributed by atoms with Crippen molar-refractivity contribution in [2.75, 3.05) is 0 Å². The molecule has 0 aliphatic rings. The summed E-state index contributed by atoms with van der Waals surface area (Å²) in [5.74, 6) is -8.21. The number of halogens is 1. The Morgan fingerprint density at radius 2 is 1.72 bits per heavy atom. The van der Waals surface area contributed by atoms with Crippen LogP contribution < -0.4 is 0 Å². The monoisotopic (exact) mass is 348 g/mol. The molecule has 0 amide bonds. The van der Waals surface area contributed by atoms with Gasteiger partial charge in [0, 0.05) is 5.56 Å². The van der Waals surface area contributed by atoms with Gasteiger partial charge in [0.1, 0.15) is 5.56 Å². The number of phenols is 4. The highest BCUT2D eigenvalue weighted by Gasteiger charge is 2.28. The normalized spacial score (nSPS) is 10.8. The van der Waals surface area contributed by atoms with Crippen molar-refractivity contribution in [3.8, 4) is 45.8 Å². The van der Waals surface area contributed by atoms with Crippen molar-refractivity contribution in [1.29, 1.82) is 0 Å². The summed E-state index contributed by atoms with van der Waals surface area (Å²) in [6, 6.07) is 5.50. The van der Waals surface area contributed by atoms with Crippen LogP contribution in [0.25, 0.3) is 22.8 Å². The third-order valence-corrected chi connectivity index (χ3v) is 3.34. The molecule has 0 radical (unpaired) electrons. The predicted octanol–water partition coefficient (Wildman–Crippen LogP) is 2.06. The van der Waals surface area contributed by atoms with E-state index < -0.39 is 46.2 Å². The van der Waals surface area contributed by atoms with Gasteiger partial charge in [-0.15, -0.1) is 0 Å². The van der Waals surface area contributed by atoms with Crippen LogP contribution in [0.4, 0.5) is 4.39 Å². The Hall–Kier alpha value is -3.82. The van der Waals surface area contributed by atoms with Gasteiger partial charge < -0.3 is 30.1 Å². The molecule has 0 unspecified atom stereocenters. The average molecular weight is 348 g/mol. The van der Waals surface area contributed by atoms with E-state index in [-0.39, 0.29) is 17.0 Å². The molecule has 0 aliphatic heterocycles. The van der Waals surface area contributed by atoms with Crippen LogP contribution in [-0.4, -0.2) is 41.6 Å². The molecule has 10 heteroatoms. The zero-order chi connectivity index (χ0) is 18.3. The number of nitrogens with zero attached hydrogens (tertiary/aromatic N) is 2. The number of phenolic OH excluding ortho intramolecular Hbond substituents is 4. The van der Waals surface area contributed by atoms with Gasteiger partial charge in [0.15, 0.2) is 17.3 Å². The van der Waals surface area contributed by atoms with Gasteiger partial charge >= 0.3 is 5.97 Å². The fourth-order valence-electron chi connectivity index (χ4n) is 2.10. The van der Waals surface area contributed by atoms with Gasteiger partial charge in [0.05, 0.1) is 5.56 Å². The Labute approximate surface area is 137 Å². The second-order valence-electron chi connectivity index (χ2n) is 4.89. The number of aromatic hydroxyl groups is 4. The Morgan fingerprint density at radius 1 is 1.04 bits per heavy atom. The zero-order valence-electron chi connectivity index (χ0n) is 12.1. The summed E-state index contributed by atoms with van der Waals surface area (Å²) in [5.41, 5.74) is -0.624. The summed E-state index contributed by atoms with van der Waals surface area (Å²) < 4.78 is 18.9. The first-order valence-corrected chi connectivity index (χ1v) is 6.64. The maximum atomic E-state index is 14.1. The second kappa shape index (κ2) is 5.67. The minimum absolute atomic E-state index is 0.0437. The Bertz CT molecular complexity index is 971. The van der Waals surface area contributed by atoms with E-state index in [9.17, 15) is 29.6 Å². The molecule has 0 fully saturated rings. The van der Waals surface area contributed by atoms with Crippen LogP contribution in [0, 0.1) is 5.82 Å².